The maximum atomic E-state index is 11.8. The van der Waals surface area contributed by atoms with Crippen LogP contribution < -0.4 is 10.6 Å². The average Bonchev–Trinajstić information content (AvgIpc) is 2.83. The SMILES string of the molecule is Cn1ccc(CNC(=O)NC2CCCCC2C(=O)O)n1. The largest absolute Gasteiger partial charge is 0.481 e. The summed E-state index contributed by atoms with van der Waals surface area (Å²) in [5.41, 5.74) is 0.765. The third-order valence-corrected chi connectivity index (χ3v) is 3.60. The molecule has 0 spiro atoms. The number of amides is 2. The van der Waals surface area contributed by atoms with Gasteiger partial charge in [0.2, 0.25) is 0 Å². The van der Waals surface area contributed by atoms with E-state index < -0.39 is 11.9 Å². The lowest BCUT2D eigenvalue weighted by Gasteiger charge is -2.29. The van der Waals surface area contributed by atoms with E-state index in [0.29, 0.717) is 19.4 Å². The topological polar surface area (TPSA) is 96.2 Å². The first-order chi connectivity index (χ1) is 9.56. The van der Waals surface area contributed by atoms with Gasteiger partial charge in [-0.15, -0.1) is 0 Å². The van der Waals surface area contributed by atoms with E-state index in [4.69, 9.17) is 5.11 Å². The molecule has 7 heteroatoms. The number of nitrogens with one attached hydrogen (secondary N) is 2. The van der Waals surface area contributed by atoms with E-state index in [1.807, 2.05) is 13.1 Å². The van der Waals surface area contributed by atoms with E-state index in [0.717, 1.165) is 18.5 Å². The first-order valence-corrected chi connectivity index (χ1v) is 6.82. The highest BCUT2D eigenvalue weighted by atomic mass is 16.4. The molecule has 1 fully saturated rings. The van der Waals surface area contributed by atoms with Crippen LogP contribution in [0.5, 0.6) is 0 Å². The van der Waals surface area contributed by atoms with Gasteiger partial charge in [-0.1, -0.05) is 12.8 Å². The predicted octanol–water partition coefficient (Wildman–Crippen LogP) is 0.863. The zero-order valence-corrected chi connectivity index (χ0v) is 11.5. The van der Waals surface area contributed by atoms with Crippen LogP contribution in [0.2, 0.25) is 0 Å². The molecule has 0 radical (unpaired) electrons. The molecule has 1 aliphatic carbocycles. The molecule has 3 N–H and O–H groups in total. The summed E-state index contributed by atoms with van der Waals surface area (Å²) in [6.45, 7) is 0.330. The van der Waals surface area contributed by atoms with Crippen LogP contribution in [0.3, 0.4) is 0 Å². The Labute approximate surface area is 117 Å². The Bertz CT molecular complexity index is 486. The van der Waals surface area contributed by atoms with E-state index in [9.17, 15) is 9.59 Å². The second-order valence-electron chi connectivity index (χ2n) is 5.14. The summed E-state index contributed by atoms with van der Waals surface area (Å²) in [6, 6.07) is 1.19. The van der Waals surface area contributed by atoms with Crippen LogP contribution in [0.1, 0.15) is 31.4 Å². The van der Waals surface area contributed by atoms with Gasteiger partial charge in [0, 0.05) is 19.3 Å². The number of carbonyl (C=O) groups is 2. The minimum Gasteiger partial charge on any atom is -0.481 e. The Morgan fingerprint density at radius 2 is 2.20 bits per heavy atom. The lowest BCUT2D eigenvalue weighted by atomic mass is 9.84. The van der Waals surface area contributed by atoms with E-state index >= 15 is 0 Å². The van der Waals surface area contributed by atoms with Crippen molar-refractivity contribution < 1.29 is 14.7 Å². The fourth-order valence-corrected chi connectivity index (χ4v) is 2.55. The van der Waals surface area contributed by atoms with Crippen molar-refractivity contribution in [1.82, 2.24) is 20.4 Å². The molecule has 110 valence electrons. The normalized spacial score (nSPS) is 22.2. The quantitative estimate of drug-likeness (QED) is 0.762. The third kappa shape index (κ3) is 3.72. The molecular formula is C13H20N4O3. The highest BCUT2D eigenvalue weighted by molar-refractivity contribution is 5.76. The number of carboxylic acids is 1. The number of urea groups is 1. The van der Waals surface area contributed by atoms with E-state index in [1.165, 1.54) is 0 Å². The summed E-state index contributed by atoms with van der Waals surface area (Å²) in [4.78, 5) is 23.0. The molecule has 2 atom stereocenters. The molecular weight excluding hydrogens is 260 g/mol. The van der Waals surface area contributed by atoms with Crippen molar-refractivity contribution in [2.75, 3.05) is 0 Å². The minimum absolute atomic E-state index is 0.287. The molecule has 7 nitrogen and oxygen atoms in total. The number of carboxylic acid groups (broad SMARTS) is 1. The predicted molar refractivity (Wildman–Crippen MR) is 72.0 cm³/mol. The van der Waals surface area contributed by atoms with Crippen LogP contribution in [0.4, 0.5) is 4.79 Å². The van der Waals surface area contributed by atoms with Gasteiger partial charge in [0.25, 0.3) is 0 Å². The summed E-state index contributed by atoms with van der Waals surface area (Å²) in [7, 11) is 1.81. The monoisotopic (exact) mass is 280 g/mol. The number of aromatic nitrogens is 2. The summed E-state index contributed by atoms with van der Waals surface area (Å²) in [6.07, 6.45) is 5.00. The molecule has 1 aliphatic rings. The molecule has 0 bridgehead atoms. The van der Waals surface area contributed by atoms with Gasteiger partial charge in [-0.25, -0.2) is 4.79 Å². The molecule has 20 heavy (non-hydrogen) atoms. The maximum absolute atomic E-state index is 11.8. The van der Waals surface area contributed by atoms with Gasteiger partial charge in [-0.2, -0.15) is 5.10 Å². The molecule has 1 aromatic rings. The van der Waals surface area contributed by atoms with Crippen molar-refractivity contribution in [2.45, 2.75) is 38.3 Å². The van der Waals surface area contributed by atoms with Crippen molar-refractivity contribution >= 4 is 12.0 Å². The van der Waals surface area contributed by atoms with Gasteiger partial charge < -0.3 is 15.7 Å². The van der Waals surface area contributed by atoms with E-state index in [2.05, 4.69) is 15.7 Å². The van der Waals surface area contributed by atoms with Crippen LogP contribution in [-0.2, 0) is 18.4 Å². The summed E-state index contributed by atoms with van der Waals surface area (Å²) >= 11 is 0. The van der Waals surface area contributed by atoms with Gasteiger partial charge in [0.15, 0.2) is 0 Å². The van der Waals surface area contributed by atoms with E-state index in [-0.39, 0.29) is 12.1 Å². The Morgan fingerprint density at radius 1 is 1.45 bits per heavy atom. The molecule has 0 aromatic carbocycles. The van der Waals surface area contributed by atoms with Crippen LogP contribution in [-0.4, -0.2) is 32.9 Å². The molecule has 0 saturated heterocycles. The van der Waals surface area contributed by atoms with Gasteiger partial charge in [0.1, 0.15) is 0 Å². The maximum Gasteiger partial charge on any atom is 0.315 e. The Morgan fingerprint density at radius 3 is 2.85 bits per heavy atom. The van der Waals surface area contributed by atoms with Crippen molar-refractivity contribution in [1.29, 1.82) is 0 Å². The molecule has 1 saturated carbocycles. The molecule has 2 rings (SSSR count). The fourth-order valence-electron chi connectivity index (χ4n) is 2.55. The van der Waals surface area contributed by atoms with Crippen molar-refractivity contribution in [2.24, 2.45) is 13.0 Å². The second kappa shape index (κ2) is 6.40. The van der Waals surface area contributed by atoms with E-state index in [1.54, 1.807) is 10.9 Å². The van der Waals surface area contributed by atoms with Crippen molar-refractivity contribution in [3.63, 3.8) is 0 Å². The first-order valence-electron chi connectivity index (χ1n) is 6.82. The van der Waals surface area contributed by atoms with Crippen molar-refractivity contribution in [3.05, 3.63) is 18.0 Å². The third-order valence-electron chi connectivity index (χ3n) is 3.60. The fraction of sp³-hybridized carbons (Fsp3) is 0.615. The lowest BCUT2D eigenvalue weighted by Crippen LogP contribution is -2.48. The minimum atomic E-state index is -0.834. The highest BCUT2D eigenvalue weighted by Gasteiger charge is 2.31. The summed E-state index contributed by atoms with van der Waals surface area (Å²) in [5, 5.41) is 18.8. The molecule has 2 amide bonds. The van der Waals surface area contributed by atoms with Crippen LogP contribution in [0.25, 0.3) is 0 Å². The van der Waals surface area contributed by atoms with Crippen molar-refractivity contribution in [3.8, 4) is 0 Å². The number of nitrogens with zero attached hydrogens (tertiary/aromatic N) is 2. The smallest absolute Gasteiger partial charge is 0.315 e. The zero-order chi connectivity index (χ0) is 14.5. The van der Waals surface area contributed by atoms with Crippen LogP contribution in [0, 0.1) is 5.92 Å². The number of rotatable bonds is 4. The van der Waals surface area contributed by atoms with Gasteiger partial charge in [0.05, 0.1) is 18.2 Å². The summed E-state index contributed by atoms with van der Waals surface area (Å²) < 4.78 is 1.66. The number of hydrogen-bond donors (Lipinski definition) is 3. The number of carbonyl (C=O) groups excluding carboxylic acids is 1. The first kappa shape index (κ1) is 14.4. The van der Waals surface area contributed by atoms with Gasteiger partial charge >= 0.3 is 12.0 Å². The standard InChI is InChI=1S/C13H20N4O3/c1-17-7-6-9(16-17)8-14-13(20)15-11-5-3-2-4-10(11)12(18)19/h6-7,10-11H,2-5,8H2,1H3,(H,18,19)(H2,14,15,20). The van der Waals surface area contributed by atoms with Crippen LogP contribution >= 0.6 is 0 Å². The number of hydrogen-bond acceptors (Lipinski definition) is 3. The lowest BCUT2D eigenvalue weighted by molar-refractivity contribution is -0.143. The molecule has 1 aromatic heterocycles. The Balaban J connectivity index is 1.82. The van der Waals surface area contributed by atoms with Gasteiger partial charge in [-0.05, 0) is 18.9 Å². The number of aliphatic carboxylic acids is 1. The molecule has 0 aliphatic heterocycles. The van der Waals surface area contributed by atoms with Gasteiger partial charge in [-0.3, -0.25) is 9.48 Å². The second-order valence-corrected chi connectivity index (χ2v) is 5.14. The zero-order valence-electron chi connectivity index (χ0n) is 11.5. The molecule has 2 unspecified atom stereocenters. The average molecular weight is 280 g/mol. The number of aryl methyl sites for hydroxylation is 1. The molecule has 1 heterocycles. The summed E-state index contributed by atoms with van der Waals surface area (Å²) in [5.74, 6) is -1.32. The Kier molecular flexibility index (Phi) is 4.60. The Hall–Kier alpha value is -2.05. The van der Waals surface area contributed by atoms with Crippen LogP contribution in [0.15, 0.2) is 12.3 Å². The highest BCUT2D eigenvalue weighted by Crippen LogP contribution is 2.24.